The van der Waals surface area contributed by atoms with E-state index in [0.717, 1.165) is 80.8 Å². The summed E-state index contributed by atoms with van der Waals surface area (Å²) in [4.78, 5) is 7.03. The van der Waals surface area contributed by atoms with Gasteiger partial charge in [0.05, 0.1) is 12.8 Å². The van der Waals surface area contributed by atoms with Gasteiger partial charge in [-0.1, -0.05) is 6.58 Å². The Morgan fingerprint density at radius 3 is 2.82 bits per heavy atom. The van der Waals surface area contributed by atoms with Crippen LogP contribution in [0.25, 0.3) is 0 Å². The van der Waals surface area contributed by atoms with Crippen LogP contribution < -0.4 is 20.7 Å². The number of ether oxygens (including phenoxy) is 2. The molecule has 1 aromatic rings. The SMILES string of the molecule is C=C(/C=C\N=C(C)Nc1ccc(OC)c(NCCCN2CCCC2)c1)NCC1CCOCC1. The number of aliphatic imine (C=N–C) groups is 1. The van der Waals surface area contributed by atoms with Gasteiger partial charge in [-0.2, -0.15) is 0 Å². The first kappa shape index (κ1) is 25.1. The molecule has 0 saturated carbocycles. The number of allylic oxidation sites excluding steroid dienone is 1. The average molecular weight is 456 g/mol. The molecule has 7 nitrogen and oxygen atoms in total. The molecule has 0 radical (unpaired) electrons. The fourth-order valence-corrected chi connectivity index (χ4v) is 4.22. The van der Waals surface area contributed by atoms with Crippen molar-refractivity contribution < 1.29 is 9.47 Å². The van der Waals surface area contributed by atoms with Crippen LogP contribution in [0.4, 0.5) is 11.4 Å². The van der Waals surface area contributed by atoms with Crippen LogP contribution in [0.15, 0.2) is 47.7 Å². The van der Waals surface area contributed by atoms with Crippen LogP contribution in [0.2, 0.25) is 0 Å². The standard InChI is InChI=1S/C26H41N5O2/c1-21(29-20-23-10-17-33-18-11-23)9-13-27-22(2)30-24-7-8-26(32-3)25(19-24)28-12-6-16-31-14-4-5-15-31/h7-9,13,19,23,28-29H,1,4-6,10-12,14-18,20H2,2-3H3,(H,27,30)/b13-9-. The molecule has 2 heterocycles. The number of nitrogens with zero attached hydrogens (tertiary/aromatic N) is 2. The largest absolute Gasteiger partial charge is 0.495 e. The molecule has 3 rings (SSSR count). The van der Waals surface area contributed by atoms with E-state index in [4.69, 9.17) is 9.47 Å². The summed E-state index contributed by atoms with van der Waals surface area (Å²) in [6.45, 7) is 13.3. The summed E-state index contributed by atoms with van der Waals surface area (Å²) in [7, 11) is 1.71. The minimum absolute atomic E-state index is 0.661. The molecule has 0 amide bonds. The zero-order chi connectivity index (χ0) is 23.3. The van der Waals surface area contributed by atoms with Crippen LogP contribution in [0.3, 0.4) is 0 Å². The van der Waals surface area contributed by atoms with E-state index in [9.17, 15) is 0 Å². The molecule has 7 heteroatoms. The van der Waals surface area contributed by atoms with Crippen LogP contribution in [-0.4, -0.2) is 63.8 Å². The van der Waals surface area contributed by atoms with Crippen molar-refractivity contribution in [2.24, 2.45) is 10.9 Å². The second-order valence-corrected chi connectivity index (χ2v) is 8.86. The fraction of sp³-hybridized carbons (Fsp3) is 0.577. The molecule has 0 spiro atoms. The molecule has 33 heavy (non-hydrogen) atoms. The molecule has 3 N–H and O–H groups in total. The molecule has 2 saturated heterocycles. The van der Waals surface area contributed by atoms with Gasteiger partial charge in [0.1, 0.15) is 11.6 Å². The Labute approximate surface area is 199 Å². The van der Waals surface area contributed by atoms with Crippen LogP contribution in [0.1, 0.15) is 39.0 Å². The summed E-state index contributed by atoms with van der Waals surface area (Å²) < 4.78 is 10.9. The van der Waals surface area contributed by atoms with Crippen LogP contribution in [0.5, 0.6) is 5.75 Å². The number of hydrogen-bond donors (Lipinski definition) is 3. The van der Waals surface area contributed by atoms with Crippen molar-refractivity contribution in [3.05, 3.63) is 42.8 Å². The molecular formula is C26H41N5O2. The third-order valence-electron chi connectivity index (χ3n) is 6.19. The van der Waals surface area contributed by atoms with Crippen molar-refractivity contribution in [3.63, 3.8) is 0 Å². The van der Waals surface area contributed by atoms with Crippen LogP contribution in [0, 0.1) is 5.92 Å². The second-order valence-electron chi connectivity index (χ2n) is 8.86. The van der Waals surface area contributed by atoms with E-state index >= 15 is 0 Å². The summed E-state index contributed by atoms with van der Waals surface area (Å²) in [5.41, 5.74) is 2.85. The normalized spacial score (nSPS) is 17.9. The van der Waals surface area contributed by atoms with Crippen molar-refractivity contribution in [2.45, 2.75) is 39.0 Å². The van der Waals surface area contributed by atoms with Gasteiger partial charge in [0.15, 0.2) is 0 Å². The van der Waals surface area contributed by atoms with Crippen molar-refractivity contribution >= 4 is 17.2 Å². The minimum Gasteiger partial charge on any atom is -0.495 e. The average Bonchev–Trinajstić information content (AvgIpc) is 3.35. The predicted octanol–water partition coefficient (Wildman–Crippen LogP) is 4.47. The molecule has 2 fully saturated rings. The summed E-state index contributed by atoms with van der Waals surface area (Å²) >= 11 is 0. The van der Waals surface area contributed by atoms with Crippen molar-refractivity contribution in [2.75, 3.05) is 63.7 Å². The van der Waals surface area contributed by atoms with E-state index in [1.54, 1.807) is 13.3 Å². The van der Waals surface area contributed by atoms with Gasteiger partial charge in [-0.25, -0.2) is 4.99 Å². The summed E-state index contributed by atoms with van der Waals surface area (Å²) in [6.07, 6.45) is 9.72. The number of benzene rings is 1. The maximum atomic E-state index is 5.53. The lowest BCUT2D eigenvalue weighted by molar-refractivity contribution is 0.0671. The van der Waals surface area contributed by atoms with E-state index in [1.165, 1.54) is 25.9 Å². The highest BCUT2D eigenvalue weighted by Gasteiger charge is 2.13. The molecule has 182 valence electrons. The third kappa shape index (κ3) is 9.10. The predicted molar refractivity (Wildman–Crippen MR) is 138 cm³/mol. The second kappa shape index (κ2) is 13.9. The van der Waals surface area contributed by atoms with Gasteiger partial charge < -0.3 is 30.3 Å². The smallest absolute Gasteiger partial charge is 0.142 e. The number of amidine groups is 1. The van der Waals surface area contributed by atoms with Gasteiger partial charge in [-0.05, 0) is 88.9 Å². The Hall–Kier alpha value is -2.51. The Morgan fingerprint density at radius 2 is 2.06 bits per heavy atom. The Morgan fingerprint density at radius 1 is 1.27 bits per heavy atom. The van der Waals surface area contributed by atoms with E-state index < -0.39 is 0 Å². The van der Waals surface area contributed by atoms with Gasteiger partial charge >= 0.3 is 0 Å². The highest BCUT2D eigenvalue weighted by atomic mass is 16.5. The fourth-order valence-electron chi connectivity index (χ4n) is 4.22. The van der Waals surface area contributed by atoms with Crippen LogP contribution >= 0.6 is 0 Å². The highest BCUT2D eigenvalue weighted by molar-refractivity contribution is 5.94. The number of nitrogens with one attached hydrogen (secondary N) is 3. The Balaban J connectivity index is 1.43. The van der Waals surface area contributed by atoms with Gasteiger partial charge in [-0.15, -0.1) is 0 Å². The van der Waals surface area contributed by atoms with Gasteiger partial charge in [-0.3, -0.25) is 0 Å². The summed E-state index contributed by atoms with van der Waals surface area (Å²) in [5.74, 6) is 2.32. The van der Waals surface area contributed by atoms with Gasteiger partial charge in [0.25, 0.3) is 0 Å². The lowest BCUT2D eigenvalue weighted by Crippen LogP contribution is -2.26. The number of likely N-dealkylation sites (tertiary alicyclic amines) is 1. The molecule has 0 atom stereocenters. The first-order chi connectivity index (χ1) is 16.1. The van der Waals surface area contributed by atoms with Crippen molar-refractivity contribution in [3.8, 4) is 5.75 Å². The Kier molecular flexibility index (Phi) is 10.6. The van der Waals surface area contributed by atoms with Crippen LogP contribution in [-0.2, 0) is 4.74 Å². The van der Waals surface area contributed by atoms with Crippen molar-refractivity contribution in [1.29, 1.82) is 0 Å². The molecule has 0 bridgehead atoms. The Bertz CT molecular complexity index is 796. The first-order valence-electron chi connectivity index (χ1n) is 12.3. The number of rotatable bonds is 12. The molecule has 0 aromatic heterocycles. The van der Waals surface area contributed by atoms with Gasteiger partial charge in [0.2, 0.25) is 0 Å². The van der Waals surface area contributed by atoms with Gasteiger partial charge in [0, 0.05) is 43.9 Å². The number of methoxy groups -OCH3 is 1. The number of anilines is 2. The monoisotopic (exact) mass is 455 g/mol. The zero-order valence-electron chi connectivity index (χ0n) is 20.4. The van der Waals surface area contributed by atoms with E-state index in [-0.39, 0.29) is 0 Å². The van der Waals surface area contributed by atoms with E-state index in [2.05, 4.69) is 38.5 Å². The topological polar surface area (TPSA) is 70.2 Å². The highest BCUT2D eigenvalue weighted by Crippen LogP contribution is 2.28. The molecular weight excluding hydrogens is 414 g/mol. The lowest BCUT2D eigenvalue weighted by Gasteiger charge is -2.22. The molecule has 2 aliphatic rings. The molecule has 0 unspecified atom stereocenters. The zero-order valence-corrected chi connectivity index (χ0v) is 20.4. The van der Waals surface area contributed by atoms with E-state index in [0.29, 0.717) is 5.92 Å². The summed E-state index contributed by atoms with van der Waals surface area (Å²) in [6, 6.07) is 6.06. The molecule has 2 aliphatic heterocycles. The van der Waals surface area contributed by atoms with E-state index in [1.807, 2.05) is 25.1 Å². The summed E-state index contributed by atoms with van der Waals surface area (Å²) in [5, 5.41) is 10.3. The number of hydrogen-bond acceptors (Lipinski definition) is 6. The quantitative estimate of drug-likeness (QED) is 0.187. The lowest BCUT2D eigenvalue weighted by atomic mass is 10.0. The maximum absolute atomic E-state index is 5.53. The van der Waals surface area contributed by atoms with Crippen molar-refractivity contribution in [1.82, 2.24) is 10.2 Å². The maximum Gasteiger partial charge on any atom is 0.142 e. The molecule has 0 aliphatic carbocycles. The molecule has 1 aromatic carbocycles. The minimum atomic E-state index is 0.661. The first-order valence-corrected chi connectivity index (χ1v) is 12.3. The third-order valence-corrected chi connectivity index (χ3v) is 6.19.